The molecule has 0 aliphatic heterocycles. The van der Waals surface area contributed by atoms with Gasteiger partial charge in [0.15, 0.2) is 0 Å². The van der Waals surface area contributed by atoms with Gasteiger partial charge in [0.05, 0.1) is 0 Å². The van der Waals surface area contributed by atoms with E-state index in [4.69, 9.17) is 0 Å². The van der Waals surface area contributed by atoms with E-state index in [1.54, 1.807) is 0 Å². The van der Waals surface area contributed by atoms with E-state index in [2.05, 4.69) is 170 Å². The molecular weight excluding hydrogens is 561 g/mol. The van der Waals surface area contributed by atoms with Crippen molar-refractivity contribution in [2.45, 2.75) is 0 Å². The van der Waals surface area contributed by atoms with Crippen molar-refractivity contribution in [1.82, 2.24) is 0 Å². The van der Waals surface area contributed by atoms with Crippen molar-refractivity contribution in [1.29, 1.82) is 0 Å². The van der Waals surface area contributed by atoms with Crippen molar-refractivity contribution in [3.8, 4) is 43.1 Å². The van der Waals surface area contributed by atoms with Crippen LogP contribution in [0.25, 0.3) is 86.2 Å². The van der Waals surface area contributed by atoms with E-state index in [0.29, 0.717) is 0 Å². The van der Waals surface area contributed by atoms with E-state index in [9.17, 15) is 0 Å². The van der Waals surface area contributed by atoms with Crippen LogP contribution in [0.1, 0.15) is 0 Å². The molecule has 0 fully saturated rings. The molecular formula is C44H28S. The molecule has 0 atom stereocenters. The summed E-state index contributed by atoms with van der Waals surface area (Å²) in [7, 11) is 0. The summed E-state index contributed by atoms with van der Waals surface area (Å²) in [4.78, 5) is 2.57. The summed E-state index contributed by atoms with van der Waals surface area (Å²) < 4.78 is 0. The molecule has 45 heavy (non-hydrogen) atoms. The molecule has 0 bridgehead atoms. The van der Waals surface area contributed by atoms with Gasteiger partial charge in [-0.1, -0.05) is 146 Å². The van der Waals surface area contributed by atoms with Crippen LogP contribution in [0.3, 0.4) is 0 Å². The third kappa shape index (κ3) is 4.61. The normalized spacial score (nSPS) is 11.6. The largest absolute Gasteiger partial charge is 0.135 e. The fourth-order valence-corrected chi connectivity index (χ4v) is 7.70. The molecule has 9 aromatic rings. The lowest BCUT2D eigenvalue weighted by molar-refractivity contribution is 1.64. The standard InChI is InChI=1S/C44H28S/c1-3-7-39-31(5-1)13-19-37-27-35(21-23-41(37)39)29-9-15-33(16-10-29)43-25-26-44(45-43)34-17-11-30(12-18-34)36-22-24-42-38(28-36)20-14-32-6-2-4-8-40(32)42/h1-28H. The van der Waals surface area contributed by atoms with Crippen LogP contribution in [0.2, 0.25) is 0 Å². The molecule has 1 aromatic heterocycles. The Morgan fingerprint density at radius 1 is 0.244 bits per heavy atom. The van der Waals surface area contributed by atoms with Gasteiger partial charge in [-0.2, -0.15) is 0 Å². The van der Waals surface area contributed by atoms with Gasteiger partial charge in [-0.15, -0.1) is 11.3 Å². The Bertz CT molecular complexity index is 2340. The SMILES string of the molecule is c1ccc2c(c1)ccc1cc(-c3ccc(-c4ccc(-c5ccc(-c6ccc7c(ccc8ccccc87)c6)cc5)s4)cc3)ccc12. The van der Waals surface area contributed by atoms with Crippen molar-refractivity contribution in [2.24, 2.45) is 0 Å². The molecule has 0 N–H and O–H groups in total. The highest BCUT2D eigenvalue weighted by Crippen LogP contribution is 2.37. The van der Waals surface area contributed by atoms with Crippen LogP contribution < -0.4 is 0 Å². The van der Waals surface area contributed by atoms with E-state index in [0.717, 1.165) is 0 Å². The Kier molecular flexibility index (Phi) is 6.11. The van der Waals surface area contributed by atoms with Gasteiger partial charge >= 0.3 is 0 Å². The topological polar surface area (TPSA) is 0 Å². The lowest BCUT2D eigenvalue weighted by atomic mass is 9.97. The molecule has 8 aromatic carbocycles. The molecule has 0 nitrogen and oxygen atoms in total. The van der Waals surface area contributed by atoms with E-state index in [1.807, 2.05) is 11.3 Å². The van der Waals surface area contributed by atoms with Crippen LogP contribution in [0.4, 0.5) is 0 Å². The lowest BCUT2D eigenvalue weighted by Crippen LogP contribution is -1.82. The van der Waals surface area contributed by atoms with E-state index in [1.165, 1.54) is 86.2 Å². The van der Waals surface area contributed by atoms with Crippen LogP contribution in [-0.2, 0) is 0 Å². The fraction of sp³-hybridized carbons (Fsp3) is 0. The Labute approximate surface area is 266 Å². The second-order valence-corrected chi connectivity index (χ2v) is 12.8. The molecule has 1 heterocycles. The first-order chi connectivity index (χ1) is 22.3. The summed E-state index contributed by atoms with van der Waals surface area (Å²) in [5.74, 6) is 0. The minimum absolute atomic E-state index is 1.24. The number of hydrogen-bond acceptors (Lipinski definition) is 1. The first-order valence-corrected chi connectivity index (χ1v) is 16.2. The van der Waals surface area contributed by atoms with Gasteiger partial charge in [0, 0.05) is 9.75 Å². The summed E-state index contributed by atoms with van der Waals surface area (Å²) in [6.45, 7) is 0. The Balaban J connectivity index is 0.958. The van der Waals surface area contributed by atoms with E-state index < -0.39 is 0 Å². The van der Waals surface area contributed by atoms with Crippen molar-refractivity contribution in [3.63, 3.8) is 0 Å². The van der Waals surface area contributed by atoms with Crippen LogP contribution in [0, 0.1) is 0 Å². The molecule has 9 rings (SSSR count). The van der Waals surface area contributed by atoms with Crippen LogP contribution in [-0.4, -0.2) is 0 Å². The van der Waals surface area contributed by atoms with Crippen molar-refractivity contribution in [3.05, 3.63) is 170 Å². The van der Waals surface area contributed by atoms with E-state index >= 15 is 0 Å². The molecule has 210 valence electrons. The molecule has 0 saturated heterocycles. The molecule has 0 saturated carbocycles. The van der Waals surface area contributed by atoms with Gasteiger partial charge in [-0.3, -0.25) is 0 Å². The Morgan fingerprint density at radius 2 is 0.600 bits per heavy atom. The molecule has 0 amide bonds. The zero-order chi connectivity index (χ0) is 29.7. The van der Waals surface area contributed by atoms with Crippen LogP contribution in [0.5, 0.6) is 0 Å². The maximum atomic E-state index is 2.31. The third-order valence-corrected chi connectivity index (χ3v) is 10.3. The van der Waals surface area contributed by atoms with Crippen LogP contribution in [0.15, 0.2) is 170 Å². The summed E-state index contributed by atoms with van der Waals surface area (Å²) in [6.07, 6.45) is 0. The highest BCUT2D eigenvalue weighted by atomic mass is 32.1. The first-order valence-electron chi connectivity index (χ1n) is 15.4. The van der Waals surface area contributed by atoms with Gasteiger partial charge in [-0.25, -0.2) is 0 Å². The highest BCUT2D eigenvalue weighted by molar-refractivity contribution is 7.18. The van der Waals surface area contributed by atoms with Gasteiger partial charge in [0.25, 0.3) is 0 Å². The first kappa shape index (κ1) is 25.9. The maximum absolute atomic E-state index is 2.31. The van der Waals surface area contributed by atoms with E-state index in [-0.39, 0.29) is 0 Å². The summed E-state index contributed by atoms with van der Waals surface area (Å²) >= 11 is 1.85. The minimum Gasteiger partial charge on any atom is -0.135 e. The van der Waals surface area contributed by atoms with Gasteiger partial charge in [0.1, 0.15) is 0 Å². The quantitative estimate of drug-likeness (QED) is 0.179. The van der Waals surface area contributed by atoms with Crippen molar-refractivity contribution < 1.29 is 0 Å². The average Bonchev–Trinajstić information content (AvgIpc) is 3.62. The van der Waals surface area contributed by atoms with Gasteiger partial charge in [0.2, 0.25) is 0 Å². The number of thiophene rings is 1. The fourth-order valence-electron chi connectivity index (χ4n) is 6.69. The third-order valence-electron chi connectivity index (χ3n) is 9.10. The van der Waals surface area contributed by atoms with Crippen LogP contribution >= 0.6 is 11.3 Å². The number of rotatable bonds is 4. The lowest BCUT2D eigenvalue weighted by Gasteiger charge is -2.08. The monoisotopic (exact) mass is 588 g/mol. The predicted octanol–water partition coefficient (Wildman–Crippen LogP) is 13.0. The molecule has 0 aliphatic carbocycles. The summed E-state index contributed by atoms with van der Waals surface area (Å²) in [6, 6.07) is 62.3. The van der Waals surface area contributed by atoms with Crippen molar-refractivity contribution in [2.75, 3.05) is 0 Å². The number of benzene rings is 8. The molecule has 0 radical (unpaired) electrons. The average molecular weight is 589 g/mol. The zero-order valence-corrected chi connectivity index (χ0v) is 25.4. The maximum Gasteiger partial charge on any atom is 0.0349 e. The second-order valence-electron chi connectivity index (χ2n) is 11.8. The van der Waals surface area contributed by atoms with Crippen molar-refractivity contribution >= 4 is 54.4 Å². The van der Waals surface area contributed by atoms with Gasteiger partial charge < -0.3 is 0 Å². The molecule has 0 unspecified atom stereocenters. The predicted molar refractivity (Wildman–Crippen MR) is 196 cm³/mol. The number of fused-ring (bicyclic) bond motifs is 6. The second kappa shape index (κ2) is 10.6. The molecule has 0 aliphatic rings. The van der Waals surface area contributed by atoms with Gasteiger partial charge in [-0.05, 0) is 101 Å². The zero-order valence-electron chi connectivity index (χ0n) is 24.6. The number of hydrogen-bond donors (Lipinski definition) is 0. The Hall–Kier alpha value is -5.50. The molecule has 0 spiro atoms. The smallest absolute Gasteiger partial charge is 0.0349 e. The minimum atomic E-state index is 1.24. The summed E-state index contributed by atoms with van der Waals surface area (Å²) in [5.41, 5.74) is 7.47. The Morgan fingerprint density at radius 3 is 1.07 bits per heavy atom. The molecule has 1 heteroatoms. The highest BCUT2D eigenvalue weighted by Gasteiger charge is 2.09. The summed E-state index contributed by atoms with van der Waals surface area (Å²) in [5, 5.41) is 10.3.